The number of likely N-dealkylation sites (tertiary alicyclic amines) is 1. The smallest absolute Gasteiger partial charge is 0.327 e. The Morgan fingerprint density at radius 2 is 2.05 bits per heavy atom. The van der Waals surface area contributed by atoms with E-state index in [9.17, 15) is 19.1 Å². The summed E-state index contributed by atoms with van der Waals surface area (Å²) in [6, 6.07) is 8.57. The zero-order valence-electron chi connectivity index (χ0n) is 11.1. The van der Waals surface area contributed by atoms with Crippen molar-refractivity contribution in [1.29, 1.82) is 0 Å². The first kappa shape index (κ1) is 15.2. The van der Waals surface area contributed by atoms with Crippen LogP contribution in [0.15, 0.2) is 30.3 Å². The maximum absolute atomic E-state index is 12.3. The molecule has 6 nitrogen and oxygen atoms in total. The molecule has 1 aromatic carbocycles. The third-order valence-corrected chi connectivity index (χ3v) is 4.82. The van der Waals surface area contributed by atoms with Crippen LogP contribution in [0.4, 0.5) is 0 Å². The molecule has 0 unspecified atom stereocenters. The largest absolute Gasteiger partial charge is 0.347 e. The quantitative estimate of drug-likeness (QED) is 0.709. The van der Waals surface area contributed by atoms with Gasteiger partial charge in [0.15, 0.2) is 0 Å². The van der Waals surface area contributed by atoms with E-state index in [1.165, 1.54) is 4.90 Å². The first-order valence-corrected chi connectivity index (χ1v) is 8.23. The van der Waals surface area contributed by atoms with Gasteiger partial charge in [-0.2, -0.15) is 0 Å². The maximum Gasteiger partial charge on any atom is 0.347 e. The SMILES string of the molecule is N[C@@H](Cc1ccccc1)C(=O)N1CCC[C@@H]1P(=O)(O)O. The summed E-state index contributed by atoms with van der Waals surface area (Å²) in [7, 11) is -4.30. The standard InChI is InChI=1S/C13H19N2O4P/c14-11(9-10-5-2-1-3-6-10)13(16)15-8-4-7-12(15)20(17,18)19/h1-3,5-6,11-12H,4,7-9,14H2,(H2,17,18,19)/t11-,12-/m0/s1. The minimum atomic E-state index is -4.30. The highest BCUT2D eigenvalue weighted by molar-refractivity contribution is 7.52. The average molecular weight is 298 g/mol. The minimum Gasteiger partial charge on any atom is -0.327 e. The summed E-state index contributed by atoms with van der Waals surface area (Å²) in [4.78, 5) is 32.1. The Bertz CT molecular complexity index is 516. The van der Waals surface area contributed by atoms with Gasteiger partial charge >= 0.3 is 7.60 Å². The number of benzene rings is 1. The lowest BCUT2D eigenvalue weighted by Gasteiger charge is -2.27. The fourth-order valence-corrected chi connectivity index (χ4v) is 3.64. The summed E-state index contributed by atoms with van der Waals surface area (Å²) >= 11 is 0. The number of hydrogen-bond donors (Lipinski definition) is 3. The van der Waals surface area contributed by atoms with Crippen LogP contribution in [0.3, 0.4) is 0 Å². The van der Waals surface area contributed by atoms with Gasteiger partial charge in [-0.1, -0.05) is 30.3 Å². The molecule has 1 aliphatic rings. The molecule has 7 heteroatoms. The molecule has 1 heterocycles. The lowest BCUT2D eigenvalue weighted by atomic mass is 10.1. The van der Waals surface area contributed by atoms with Crippen molar-refractivity contribution in [2.24, 2.45) is 5.73 Å². The van der Waals surface area contributed by atoms with Crippen LogP contribution in [0.1, 0.15) is 18.4 Å². The topological polar surface area (TPSA) is 104 Å². The van der Waals surface area contributed by atoms with Crippen molar-refractivity contribution < 1.29 is 19.1 Å². The first-order chi connectivity index (χ1) is 9.39. The molecule has 1 aliphatic heterocycles. The van der Waals surface area contributed by atoms with Crippen LogP contribution in [0, 0.1) is 0 Å². The Kier molecular flexibility index (Phi) is 4.60. The van der Waals surface area contributed by atoms with Crippen molar-refractivity contribution >= 4 is 13.5 Å². The van der Waals surface area contributed by atoms with Gasteiger partial charge in [0.1, 0.15) is 5.78 Å². The molecule has 2 atom stereocenters. The Morgan fingerprint density at radius 1 is 1.40 bits per heavy atom. The van der Waals surface area contributed by atoms with Gasteiger partial charge in [-0.05, 0) is 24.8 Å². The summed E-state index contributed by atoms with van der Waals surface area (Å²) in [6.45, 7) is 0.358. The van der Waals surface area contributed by atoms with Crippen molar-refractivity contribution in [3.8, 4) is 0 Å². The predicted molar refractivity (Wildman–Crippen MR) is 74.9 cm³/mol. The molecule has 0 aliphatic carbocycles. The molecule has 0 radical (unpaired) electrons. The van der Waals surface area contributed by atoms with Gasteiger partial charge in [-0.25, -0.2) is 0 Å². The van der Waals surface area contributed by atoms with E-state index >= 15 is 0 Å². The van der Waals surface area contributed by atoms with E-state index in [4.69, 9.17) is 5.73 Å². The van der Waals surface area contributed by atoms with Crippen LogP contribution in [0.5, 0.6) is 0 Å². The molecule has 0 aromatic heterocycles. The van der Waals surface area contributed by atoms with Crippen LogP contribution < -0.4 is 5.73 Å². The van der Waals surface area contributed by atoms with E-state index in [0.717, 1.165) is 5.56 Å². The lowest BCUT2D eigenvalue weighted by Crippen LogP contribution is -2.46. The van der Waals surface area contributed by atoms with Gasteiger partial charge in [0.25, 0.3) is 0 Å². The van der Waals surface area contributed by atoms with E-state index in [2.05, 4.69) is 0 Å². The third kappa shape index (κ3) is 3.46. The molecule has 1 fully saturated rings. The lowest BCUT2D eigenvalue weighted by molar-refractivity contribution is -0.132. The van der Waals surface area contributed by atoms with E-state index in [1.54, 1.807) is 0 Å². The van der Waals surface area contributed by atoms with Crippen molar-refractivity contribution in [3.05, 3.63) is 35.9 Å². The molecule has 1 saturated heterocycles. The monoisotopic (exact) mass is 298 g/mol. The molecule has 1 amide bonds. The highest BCUT2D eigenvalue weighted by Crippen LogP contribution is 2.47. The van der Waals surface area contributed by atoms with Crippen molar-refractivity contribution in [2.75, 3.05) is 6.54 Å². The highest BCUT2D eigenvalue weighted by atomic mass is 31.2. The Balaban J connectivity index is 2.05. The van der Waals surface area contributed by atoms with Crippen LogP contribution in [-0.2, 0) is 15.8 Å². The van der Waals surface area contributed by atoms with E-state index in [0.29, 0.717) is 25.8 Å². The molecular formula is C13H19N2O4P. The number of hydrogen-bond acceptors (Lipinski definition) is 3. The summed E-state index contributed by atoms with van der Waals surface area (Å²) in [5, 5.41) is 0. The summed E-state index contributed by atoms with van der Waals surface area (Å²) < 4.78 is 11.4. The molecule has 4 N–H and O–H groups in total. The van der Waals surface area contributed by atoms with Crippen LogP contribution in [0.25, 0.3) is 0 Å². The van der Waals surface area contributed by atoms with Crippen molar-refractivity contribution in [2.45, 2.75) is 31.1 Å². The van der Waals surface area contributed by atoms with Crippen molar-refractivity contribution in [3.63, 3.8) is 0 Å². The predicted octanol–water partition coefficient (Wildman–Crippen LogP) is 0.683. The number of carbonyl (C=O) groups excluding carboxylic acids is 1. The second-order valence-corrected chi connectivity index (χ2v) is 6.81. The number of nitrogens with two attached hydrogens (primary N) is 1. The second-order valence-electron chi connectivity index (χ2n) is 5.04. The third-order valence-electron chi connectivity index (χ3n) is 3.51. The number of carbonyl (C=O) groups is 1. The van der Waals surface area contributed by atoms with Gasteiger partial charge in [0.05, 0.1) is 6.04 Å². The van der Waals surface area contributed by atoms with Crippen LogP contribution >= 0.6 is 7.60 Å². The molecule has 0 spiro atoms. The zero-order chi connectivity index (χ0) is 14.8. The van der Waals surface area contributed by atoms with E-state index in [-0.39, 0.29) is 5.91 Å². The number of amides is 1. The van der Waals surface area contributed by atoms with E-state index < -0.39 is 19.4 Å². The molecular weight excluding hydrogens is 279 g/mol. The molecule has 0 saturated carbocycles. The minimum absolute atomic E-state index is 0.327. The molecule has 110 valence electrons. The fraction of sp³-hybridized carbons (Fsp3) is 0.462. The normalized spacial score (nSPS) is 20.9. The molecule has 0 bridgehead atoms. The molecule has 1 aromatic rings. The van der Waals surface area contributed by atoms with Gasteiger partial charge in [0, 0.05) is 6.54 Å². The van der Waals surface area contributed by atoms with Crippen molar-refractivity contribution in [1.82, 2.24) is 4.90 Å². The van der Waals surface area contributed by atoms with Gasteiger partial charge in [0.2, 0.25) is 5.91 Å². The fourth-order valence-electron chi connectivity index (χ4n) is 2.52. The van der Waals surface area contributed by atoms with Gasteiger partial charge < -0.3 is 20.4 Å². The first-order valence-electron chi connectivity index (χ1n) is 6.55. The molecule has 20 heavy (non-hydrogen) atoms. The van der Waals surface area contributed by atoms with Crippen LogP contribution in [0.2, 0.25) is 0 Å². The highest BCUT2D eigenvalue weighted by Gasteiger charge is 2.41. The Hall–Kier alpha value is -1.20. The number of nitrogens with zero attached hydrogens (tertiary/aromatic N) is 1. The van der Waals surface area contributed by atoms with Gasteiger partial charge in [-0.3, -0.25) is 9.36 Å². The van der Waals surface area contributed by atoms with Gasteiger partial charge in [-0.15, -0.1) is 0 Å². The summed E-state index contributed by atoms with van der Waals surface area (Å²) in [5.41, 5.74) is 6.82. The van der Waals surface area contributed by atoms with E-state index in [1.807, 2.05) is 30.3 Å². The zero-order valence-corrected chi connectivity index (χ0v) is 11.9. The Morgan fingerprint density at radius 3 is 2.65 bits per heavy atom. The summed E-state index contributed by atoms with van der Waals surface area (Å²) in [6.07, 6.45) is 1.29. The number of rotatable bonds is 4. The second kappa shape index (κ2) is 6.06. The average Bonchev–Trinajstić information content (AvgIpc) is 2.88. The maximum atomic E-state index is 12.3. The van der Waals surface area contributed by atoms with Crippen LogP contribution in [-0.4, -0.2) is 39.0 Å². The summed E-state index contributed by atoms with van der Waals surface area (Å²) in [5.74, 6) is -1.41. The Labute approximate surface area is 117 Å². The molecule has 2 rings (SSSR count).